The molecule has 138 valence electrons. The van der Waals surface area contributed by atoms with Crippen LogP contribution in [0.25, 0.3) is 0 Å². The number of rotatable bonds is 6. The Morgan fingerprint density at radius 2 is 2.23 bits per heavy atom. The Balaban J connectivity index is 1.60. The average Bonchev–Trinajstić information content (AvgIpc) is 3.14. The molecule has 0 bridgehead atoms. The summed E-state index contributed by atoms with van der Waals surface area (Å²) in [7, 11) is 3.86. The summed E-state index contributed by atoms with van der Waals surface area (Å²) >= 11 is 1.48. The first-order chi connectivity index (χ1) is 12.4. The fourth-order valence-corrected chi connectivity index (χ4v) is 3.49. The van der Waals surface area contributed by atoms with E-state index in [2.05, 4.69) is 38.2 Å². The van der Waals surface area contributed by atoms with Gasteiger partial charge in [-0.25, -0.2) is 15.0 Å². The van der Waals surface area contributed by atoms with Crippen molar-refractivity contribution >= 4 is 28.2 Å². The Kier molecular flexibility index (Phi) is 5.36. The lowest BCUT2D eigenvalue weighted by Crippen LogP contribution is -2.26. The largest absolute Gasteiger partial charge is 0.468 e. The number of anilines is 2. The topological polar surface area (TPSA) is 83.5 Å². The zero-order valence-electron chi connectivity index (χ0n) is 15.3. The van der Waals surface area contributed by atoms with Crippen molar-refractivity contribution in [1.82, 2.24) is 19.9 Å². The molecule has 0 aromatic carbocycles. The summed E-state index contributed by atoms with van der Waals surface area (Å²) in [5.74, 6) is 1.25. The van der Waals surface area contributed by atoms with Crippen LogP contribution < -0.4 is 15.0 Å². The maximum Gasteiger partial charge on any atom is 0.223 e. The van der Waals surface area contributed by atoms with Crippen molar-refractivity contribution in [3.8, 4) is 5.88 Å². The van der Waals surface area contributed by atoms with Crippen LogP contribution in [0.3, 0.4) is 0 Å². The van der Waals surface area contributed by atoms with Gasteiger partial charge in [0.15, 0.2) is 5.13 Å². The van der Waals surface area contributed by atoms with E-state index in [4.69, 9.17) is 4.74 Å². The van der Waals surface area contributed by atoms with Gasteiger partial charge in [0.2, 0.25) is 11.8 Å². The second-order valence-electron chi connectivity index (χ2n) is 6.27. The van der Waals surface area contributed by atoms with E-state index in [9.17, 15) is 4.79 Å². The predicted octanol–water partition coefficient (Wildman–Crippen LogP) is 2.12. The lowest BCUT2D eigenvalue weighted by Gasteiger charge is -2.20. The van der Waals surface area contributed by atoms with E-state index in [0.29, 0.717) is 11.0 Å². The van der Waals surface area contributed by atoms with Crippen molar-refractivity contribution in [2.45, 2.75) is 26.5 Å². The van der Waals surface area contributed by atoms with Crippen LogP contribution in [0.4, 0.5) is 10.9 Å². The number of aromatic nitrogens is 3. The van der Waals surface area contributed by atoms with Crippen molar-refractivity contribution in [3.63, 3.8) is 0 Å². The molecule has 1 N–H and O–H groups in total. The summed E-state index contributed by atoms with van der Waals surface area (Å²) in [6, 6.07) is 1.83. The number of thiazole rings is 1. The quantitative estimate of drug-likeness (QED) is 0.829. The van der Waals surface area contributed by atoms with Crippen molar-refractivity contribution in [3.05, 3.63) is 35.2 Å². The van der Waals surface area contributed by atoms with Crippen LogP contribution >= 0.6 is 11.3 Å². The minimum atomic E-state index is -0.112. The molecule has 2 aromatic rings. The van der Waals surface area contributed by atoms with Crippen LogP contribution in [0.2, 0.25) is 0 Å². The van der Waals surface area contributed by atoms with Gasteiger partial charge in [-0.2, -0.15) is 0 Å². The number of amides is 1. The van der Waals surface area contributed by atoms with Crippen molar-refractivity contribution in [1.29, 1.82) is 0 Å². The molecule has 9 heteroatoms. The number of carbonyl (C=O) groups excluding carboxylic acids is 1. The number of nitrogens with zero attached hydrogens (tertiary/aromatic N) is 5. The SMILES string of the molecule is CC(=O)Nc1ncc(CN2C[C@H](Oc3cc(N(C)C)ncn3)C=C2C)s1. The summed E-state index contributed by atoms with van der Waals surface area (Å²) in [6.07, 6.45) is 5.33. The second kappa shape index (κ2) is 7.69. The van der Waals surface area contributed by atoms with Gasteiger partial charge in [-0.1, -0.05) is 11.3 Å². The Labute approximate surface area is 156 Å². The van der Waals surface area contributed by atoms with Gasteiger partial charge in [0.25, 0.3) is 0 Å². The molecule has 3 rings (SSSR count). The van der Waals surface area contributed by atoms with Gasteiger partial charge in [0.05, 0.1) is 13.1 Å². The zero-order valence-corrected chi connectivity index (χ0v) is 16.1. The van der Waals surface area contributed by atoms with Gasteiger partial charge in [0.1, 0.15) is 18.2 Å². The molecule has 26 heavy (non-hydrogen) atoms. The molecule has 0 spiro atoms. The maximum atomic E-state index is 11.1. The van der Waals surface area contributed by atoms with E-state index in [1.165, 1.54) is 24.6 Å². The maximum absolute atomic E-state index is 11.1. The van der Waals surface area contributed by atoms with Gasteiger partial charge in [0, 0.05) is 43.9 Å². The summed E-state index contributed by atoms with van der Waals surface area (Å²) in [5, 5.41) is 3.33. The van der Waals surface area contributed by atoms with Gasteiger partial charge in [-0.3, -0.25) is 4.79 Å². The molecule has 0 saturated carbocycles. The van der Waals surface area contributed by atoms with Gasteiger partial charge >= 0.3 is 0 Å². The number of hydrogen-bond donors (Lipinski definition) is 1. The Morgan fingerprint density at radius 1 is 1.42 bits per heavy atom. The molecule has 1 atom stereocenters. The Bertz CT molecular complexity index is 819. The summed E-state index contributed by atoms with van der Waals surface area (Å²) in [6.45, 7) is 5.00. The van der Waals surface area contributed by atoms with Crippen molar-refractivity contribution in [2.24, 2.45) is 0 Å². The zero-order chi connectivity index (χ0) is 18.7. The number of ether oxygens (including phenoxy) is 1. The van der Waals surface area contributed by atoms with E-state index in [-0.39, 0.29) is 12.0 Å². The molecule has 2 aromatic heterocycles. The number of carbonyl (C=O) groups is 1. The average molecular weight is 374 g/mol. The number of hydrogen-bond acceptors (Lipinski definition) is 8. The van der Waals surface area contributed by atoms with Crippen LogP contribution in [-0.4, -0.2) is 52.5 Å². The lowest BCUT2D eigenvalue weighted by atomic mass is 10.3. The molecule has 0 fully saturated rings. The first-order valence-corrected chi connectivity index (χ1v) is 9.04. The van der Waals surface area contributed by atoms with Crippen LogP contribution in [0, 0.1) is 0 Å². The molecule has 0 radical (unpaired) electrons. The van der Waals surface area contributed by atoms with Gasteiger partial charge in [-0.15, -0.1) is 0 Å². The number of nitrogens with one attached hydrogen (secondary N) is 1. The van der Waals surface area contributed by atoms with Crippen LogP contribution in [0.5, 0.6) is 5.88 Å². The van der Waals surface area contributed by atoms with Crippen LogP contribution in [0.1, 0.15) is 18.7 Å². The Morgan fingerprint density at radius 3 is 2.96 bits per heavy atom. The minimum absolute atomic E-state index is 0.0670. The molecule has 1 aliphatic heterocycles. The van der Waals surface area contributed by atoms with E-state index in [1.54, 1.807) is 6.20 Å². The van der Waals surface area contributed by atoms with Crippen LogP contribution in [-0.2, 0) is 11.3 Å². The molecule has 0 unspecified atom stereocenters. The van der Waals surface area contributed by atoms with E-state index in [1.807, 2.05) is 25.1 Å². The van der Waals surface area contributed by atoms with E-state index >= 15 is 0 Å². The fourth-order valence-electron chi connectivity index (χ4n) is 2.62. The molecule has 3 heterocycles. The second-order valence-corrected chi connectivity index (χ2v) is 7.38. The highest BCUT2D eigenvalue weighted by molar-refractivity contribution is 7.15. The Hall–Kier alpha value is -2.68. The molecule has 0 saturated heterocycles. The minimum Gasteiger partial charge on any atom is -0.468 e. The monoisotopic (exact) mass is 374 g/mol. The highest BCUT2D eigenvalue weighted by Crippen LogP contribution is 2.25. The van der Waals surface area contributed by atoms with Gasteiger partial charge in [-0.05, 0) is 13.0 Å². The predicted molar refractivity (Wildman–Crippen MR) is 101 cm³/mol. The summed E-state index contributed by atoms with van der Waals surface area (Å²) in [4.78, 5) is 28.9. The summed E-state index contributed by atoms with van der Waals surface area (Å²) in [5.41, 5.74) is 1.14. The molecule has 1 amide bonds. The molecular weight excluding hydrogens is 352 g/mol. The third-order valence-electron chi connectivity index (χ3n) is 3.87. The standard InChI is InChI=1S/C17H22N6O2S/c1-11-5-13(25-16-6-15(22(3)4)19-10-20-16)8-23(11)9-14-7-18-17(26-14)21-12(2)24/h5-7,10,13H,8-9H2,1-4H3,(H,18,21,24)/t13-/m1/s1. The highest BCUT2D eigenvalue weighted by atomic mass is 32.1. The van der Waals surface area contributed by atoms with Gasteiger partial charge < -0.3 is 19.9 Å². The third kappa shape index (κ3) is 4.48. The molecule has 8 nitrogen and oxygen atoms in total. The molecule has 0 aliphatic carbocycles. The normalized spacial score (nSPS) is 16.4. The van der Waals surface area contributed by atoms with E-state index in [0.717, 1.165) is 29.5 Å². The summed E-state index contributed by atoms with van der Waals surface area (Å²) < 4.78 is 6.00. The fraction of sp³-hybridized carbons (Fsp3) is 0.412. The van der Waals surface area contributed by atoms with Crippen molar-refractivity contribution < 1.29 is 9.53 Å². The van der Waals surface area contributed by atoms with Crippen LogP contribution in [0.15, 0.2) is 30.4 Å². The third-order valence-corrected chi connectivity index (χ3v) is 4.76. The number of allylic oxidation sites excluding steroid dienone is 1. The smallest absolute Gasteiger partial charge is 0.223 e. The van der Waals surface area contributed by atoms with E-state index < -0.39 is 0 Å². The molecule has 1 aliphatic rings. The van der Waals surface area contributed by atoms with Crippen molar-refractivity contribution in [2.75, 3.05) is 30.9 Å². The molecular formula is C17H22N6O2S. The first-order valence-electron chi connectivity index (χ1n) is 8.22. The highest BCUT2D eigenvalue weighted by Gasteiger charge is 2.23. The first kappa shape index (κ1) is 18.1. The lowest BCUT2D eigenvalue weighted by molar-refractivity contribution is -0.114.